The number of carbonyl (C=O) groups is 1. The number of nitrogens with zero attached hydrogens (tertiary/aromatic N) is 2. The average Bonchev–Trinajstić information content (AvgIpc) is 2.63. The molecule has 1 aromatic carbocycles. The van der Waals surface area contributed by atoms with Crippen molar-refractivity contribution in [1.29, 1.82) is 0 Å². The van der Waals surface area contributed by atoms with Crippen molar-refractivity contribution in [1.82, 2.24) is 9.78 Å². The molecule has 17 heavy (non-hydrogen) atoms. The van der Waals surface area contributed by atoms with Gasteiger partial charge in [-0.3, -0.25) is 4.68 Å². The molecule has 6 heteroatoms. The number of hydrogen-bond donors (Lipinski definition) is 2. The largest absolute Gasteiger partial charge is 0.478 e. The number of aromatic nitrogens is 2. The molecule has 0 aliphatic heterocycles. The molecule has 0 aliphatic rings. The number of rotatable bonds is 3. The Labute approximate surface area is 96.5 Å². The first kappa shape index (κ1) is 11.1. The van der Waals surface area contributed by atoms with Gasteiger partial charge in [0.15, 0.2) is 0 Å². The van der Waals surface area contributed by atoms with Crippen LogP contribution in [0.15, 0.2) is 30.6 Å². The van der Waals surface area contributed by atoms with Crippen LogP contribution in [-0.4, -0.2) is 20.9 Å². The molecule has 0 unspecified atom stereocenters. The van der Waals surface area contributed by atoms with Crippen LogP contribution in [0.4, 0.5) is 15.8 Å². The average molecular weight is 235 g/mol. The first-order valence-corrected chi connectivity index (χ1v) is 4.85. The van der Waals surface area contributed by atoms with Gasteiger partial charge in [-0.05, 0) is 18.2 Å². The van der Waals surface area contributed by atoms with E-state index >= 15 is 0 Å². The molecule has 2 N–H and O–H groups in total. The van der Waals surface area contributed by atoms with Crippen molar-refractivity contribution < 1.29 is 14.3 Å². The van der Waals surface area contributed by atoms with Crippen LogP contribution in [0.5, 0.6) is 0 Å². The molecule has 0 spiro atoms. The van der Waals surface area contributed by atoms with Gasteiger partial charge >= 0.3 is 5.97 Å². The molecular formula is C11H10FN3O2. The fourth-order valence-electron chi connectivity index (χ4n) is 1.42. The molecule has 0 radical (unpaired) electrons. The van der Waals surface area contributed by atoms with Crippen LogP contribution in [0.3, 0.4) is 0 Å². The summed E-state index contributed by atoms with van der Waals surface area (Å²) in [6, 6.07) is 3.85. The molecule has 1 aromatic heterocycles. The van der Waals surface area contributed by atoms with Crippen molar-refractivity contribution >= 4 is 17.3 Å². The van der Waals surface area contributed by atoms with E-state index in [0.717, 1.165) is 6.07 Å². The summed E-state index contributed by atoms with van der Waals surface area (Å²) >= 11 is 0. The van der Waals surface area contributed by atoms with Crippen LogP contribution in [0.2, 0.25) is 0 Å². The summed E-state index contributed by atoms with van der Waals surface area (Å²) in [4.78, 5) is 10.6. The lowest BCUT2D eigenvalue weighted by atomic mass is 10.2. The molecule has 88 valence electrons. The minimum Gasteiger partial charge on any atom is -0.478 e. The second kappa shape index (κ2) is 4.25. The van der Waals surface area contributed by atoms with Crippen LogP contribution < -0.4 is 5.32 Å². The molecule has 0 amide bonds. The van der Waals surface area contributed by atoms with Gasteiger partial charge in [0.2, 0.25) is 0 Å². The predicted molar refractivity (Wildman–Crippen MR) is 59.9 cm³/mol. The molecule has 0 fully saturated rings. The van der Waals surface area contributed by atoms with Gasteiger partial charge in [-0.2, -0.15) is 5.10 Å². The van der Waals surface area contributed by atoms with Gasteiger partial charge in [-0.25, -0.2) is 9.18 Å². The molecule has 2 aromatic rings. The third-order valence-electron chi connectivity index (χ3n) is 2.19. The number of halogens is 1. The van der Waals surface area contributed by atoms with Crippen molar-refractivity contribution in [2.24, 2.45) is 7.05 Å². The maximum atomic E-state index is 13.4. The molecular weight excluding hydrogens is 225 g/mol. The van der Waals surface area contributed by atoms with Crippen molar-refractivity contribution in [3.05, 3.63) is 42.0 Å². The van der Waals surface area contributed by atoms with E-state index in [1.54, 1.807) is 24.1 Å². The second-order valence-electron chi connectivity index (χ2n) is 3.53. The van der Waals surface area contributed by atoms with Gasteiger partial charge in [0, 0.05) is 18.9 Å². The number of carboxylic acids is 1. The van der Waals surface area contributed by atoms with E-state index in [0.29, 0.717) is 11.4 Å². The Morgan fingerprint density at radius 2 is 2.24 bits per heavy atom. The van der Waals surface area contributed by atoms with Crippen LogP contribution in [-0.2, 0) is 7.05 Å². The van der Waals surface area contributed by atoms with E-state index in [-0.39, 0.29) is 5.56 Å². The molecule has 1 heterocycles. The van der Waals surface area contributed by atoms with Crippen LogP contribution in [0.25, 0.3) is 0 Å². The number of carboxylic acid groups (broad SMARTS) is 1. The summed E-state index contributed by atoms with van der Waals surface area (Å²) in [6.07, 6.45) is 3.31. The Morgan fingerprint density at radius 1 is 1.47 bits per heavy atom. The van der Waals surface area contributed by atoms with Gasteiger partial charge in [0.05, 0.1) is 17.4 Å². The molecule has 5 nitrogen and oxygen atoms in total. The third-order valence-corrected chi connectivity index (χ3v) is 2.19. The maximum absolute atomic E-state index is 13.4. The highest BCUT2D eigenvalue weighted by atomic mass is 19.1. The summed E-state index contributed by atoms with van der Waals surface area (Å²) in [5.41, 5.74) is 0.831. The summed E-state index contributed by atoms with van der Waals surface area (Å²) < 4.78 is 15.0. The Kier molecular flexibility index (Phi) is 2.78. The Morgan fingerprint density at radius 3 is 2.76 bits per heavy atom. The fraction of sp³-hybridized carbons (Fsp3) is 0.0909. The van der Waals surface area contributed by atoms with Crippen molar-refractivity contribution in [2.45, 2.75) is 0 Å². The van der Waals surface area contributed by atoms with Crippen LogP contribution >= 0.6 is 0 Å². The fourth-order valence-corrected chi connectivity index (χ4v) is 1.42. The summed E-state index contributed by atoms with van der Waals surface area (Å²) in [7, 11) is 1.76. The Hall–Kier alpha value is -2.37. The number of anilines is 2. The molecule has 0 bridgehead atoms. The van der Waals surface area contributed by atoms with Crippen LogP contribution in [0.1, 0.15) is 10.4 Å². The van der Waals surface area contributed by atoms with E-state index in [1.165, 1.54) is 12.1 Å². The highest BCUT2D eigenvalue weighted by Gasteiger charge is 2.10. The van der Waals surface area contributed by atoms with E-state index in [1.807, 2.05) is 0 Å². The molecule has 0 saturated heterocycles. The van der Waals surface area contributed by atoms with Gasteiger partial charge in [-0.1, -0.05) is 0 Å². The van der Waals surface area contributed by atoms with Gasteiger partial charge < -0.3 is 10.4 Å². The summed E-state index contributed by atoms with van der Waals surface area (Å²) in [5.74, 6) is -2.05. The zero-order valence-electron chi connectivity index (χ0n) is 9.01. The van der Waals surface area contributed by atoms with Gasteiger partial charge in [0.25, 0.3) is 0 Å². The summed E-state index contributed by atoms with van der Waals surface area (Å²) in [5, 5.41) is 15.5. The smallest absolute Gasteiger partial charge is 0.338 e. The molecule has 0 atom stereocenters. The third kappa shape index (κ3) is 2.41. The Bertz CT molecular complexity index is 566. The number of hydrogen-bond acceptors (Lipinski definition) is 3. The number of nitrogens with one attached hydrogen (secondary N) is 1. The standard InChI is InChI=1S/C11H10FN3O2/c1-15-6-8(5-13-15)14-7-2-3-9(11(16)17)10(12)4-7/h2-6,14H,1H3,(H,16,17). The number of benzene rings is 1. The van der Waals surface area contributed by atoms with E-state index < -0.39 is 11.8 Å². The highest BCUT2D eigenvalue weighted by Crippen LogP contribution is 2.18. The summed E-state index contributed by atoms with van der Waals surface area (Å²) in [6.45, 7) is 0. The highest BCUT2D eigenvalue weighted by molar-refractivity contribution is 5.88. The molecule has 0 aliphatic carbocycles. The lowest BCUT2D eigenvalue weighted by molar-refractivity contribution is 0.0692. The van der Waals surface area contributed by atoms with Crippen molar-refractivity contribution in [2.75, 3.05) is 5.32 Å². The minimum absolute atomic E-state index is 0.346. The van der Waals surface area contributed by atoms with Gasteiger partial charge in [-0.15, -0.1) is 0 Å². The topological polar surface area (TPSA) is 67.2 Å². The zero-order valence-corrected chi connectivity index (χ0v) is 9.01. The minimum atomic E-state index is -1.28. The lowest BCUT2D eigenvalue weighted by Gasteiger charge is -2.04. The first-order chi connectivity index (χ1) is 8.06. The van der Waals surface area contributed by atoms with E-state index in [4.69, 9.17) is 5.11 Å². The van der Waals surface area contributed by atoms with Gasteiger partial charge in [0.1, 0.15) is 5.82 Å². The number of aromatic carboxylic acids is 1. The predicted octanol–water partition coefficient (Wildman–Crippen LogP) is 2.00. The van der Waals surface area contributed by atoms with Crippen LogP contribution in [0, 0.1) is 5.82 Å². The second-order valence-corrected chi connectivity index (χ2v) is 3.53. The molecule has 2 rings (SSSR count). The maximum Gasteiger partial charge on any atom is 0.338 e. The molecule has 0 saturated carbocycles. The monoisotopic (exact) mass is 235 g/mol. The van der Waals surface area contributed by atoms with E-state index in [2.05, 4.69) is 10.4 Å². The first-order valence-electron chi connectivity index (χ1n) is 4.85. The SMILES string of the molecule is Cn1cc(Nc2ccc(C(=O)O)c(F)c2)cn1. The lowest BCUT2D eigenvalue weighted by Crippen LogP contribution is -2.01. The zero-order chi connectivity index (χ0) is 12.4. The van der Waals surface area contributed by atoms with E-state index in [9.17, 15) is 9.18 Å². The number of aryl methyl sites for hydroxylation is 1. The normalized spacial score (nSPS) is 10.2. The van der Waals surface area contributed by atoms with Crippen molar-refractivity contribution in [3.8, 4) is 0 Å². The Balaban J connectivity index is 2.23. The quantitative estimate of drug-likeness (QED) is 0.853. The van der Waals surface area contributed by atoms with Crippen molar-refractivity contribution in [3.63, 3.8) is 0 Å².